The first kappa shape index (κ1) is 9.73. The lowest BCUT2D eigenvalue weighted by molar-refractivity contribution is 0.468. The van der Waals surface area contributed by atoms with Crippen molar-refractivity contribution >= 4 is 31.9 Å². The maximum absolute atomic E-state index is 9.48. The fourth-order valence-corrected chi connectivity index (χ4v) is 2.24. The van der Waals surface area contributed by atoms with Gasteiger partial charge in [0.05, 0.1) is 15.1 Å². The molecular weight excluding hydrogens is 314 g/mol. The molecule has 1 N–H and O–H groups in total. The smallest absolute Gasteiger partial charge is 0.225 e. The van der Waals surface area contributed by atoms with Crippen LogP contribution in [0, 0.1) is 0 Å². The van der Waals surface area contributed by atoms with Crippen molar-refractivity contribution in [1.29, 1.82) is 0 Å². The second kappa shape index (κ2) is 3.74. The fraction of sp³-hybridized carbons (Fsp3) is 0. The van der Waals surface area contributed by atoms with E-state index in [4.69, 9.17) is 4.42 Å². The maximum Gasteiger partial charge on any atom is 0.225 e. The van der Waals surface area contributed by atoms with Crippen molar-refractivity contribution < 1.29 is 9.52 Å². The van der Waals surface area contributed by atoms with E-state index < -0.39 is 0 Å². The second-order valence-electron chi connectivity index (χ2n) is 2.63. The number of rotatable bonds is 1. The van der Waals surface area contributed by atoms with Gasteiger partial charge in [-0.15, -0.1) is 0 Å². The van der Waals surface area contributed by atoms with E-state index >= 15 is 0 Å². The zero-order valence-electron chi connectivity index (χ0n) is 6.87. The molecule has 0 aliphatic heterocycles. The number of oxazole rings is 1. The Labute approximate surface area is 97.0 Å². The molecule has 72 valence electrons. The summed E-state index contributed by atoms with van der Waals surface area (Å²) in [5, 5.41) is 9.48. The molecule has 1 aromatic heterocycles. The third-order valence-electron chi connectivity index (χ3n) is 1.70. The van der Waals surface area contributed by atoms with E-state index in [1.165, 1.54) is 6.26 Å². The Morgan fingerprint density at radius 2 is 1.86 bits per heavy atom. The van der Waals surface area contributed by atoms with Gasteiger partial charge in [0.15, 0.2) is 0 Å². The molecule has 0 unspecified atom stereocenters. The molecule has 0 fully saturated rings. The normalized spacial score (nSPS) is 10.4. The molecule has 0 radical (unpaired) electrons. The summed E-state index contributed by atoms with van der Waals surface area (Å²) in [5.41, 5.74) is 0.798. The molecule has 0 aliphatic rings. The lowest BCUT2D eigenvalue weighted by Crippen LogP contribution is -1.79. The van der Waals surface area contributed by atoms with Crippen LogP contribution in [0.1, 0.15) is 0 Å². The monoisotopic (exact) mass is 317 g/mol. The zero-order valence-corrected chi connectivity index (χ0v) is 10.0. The minimum absolute atomic E-state index is 0.167. The van der Waals surface area contributed by atoms with Crippen molar-refractivity contribution in [3.63, 3.8) is 0 Å². The number of benzene rings is 1. The molecule has 1 aromatic carbocycles. The van der Waals surface area contributed by atoms with E-state index in [1.807, 2.05) is 0 Å². The molecule has 2 rings (SSSR count). The molecule has 0 aliphatic carbocycles. The number of halogens is 2. The summed E-state index contributed by atoms with van der Waals surface area (Å²) in [5.74, 6) is 0.687. The lowest BCUT2D eigenvalue weighted by Gasteiger charge is -2.02. The SMILES string of the molecule is Oc1c(Br)cc(-c2ncco2)cc1Br. The first-order valence-corrected chi connectivity index (χ1v) is 5.35. The van der Waals surface area contributed by atoms with E-state index in [0.29, 0.717) is 14.8 Å². The largest absolute Gasteiger partial charge is 0.506 e. The molecule has 0 saturated heterocycles. The van der Waals surface area contributed by atoms with Crippen LogP contribution in [0.4, 0.5) is 0 Å². The Morgan fingerprint density at radius 1 is 1.21 bits per heavy atom. The molecule has 5 heteroatoms. The van der Waals surface area contributed by atoms with Crippen LogP contribution in [0.15, 0.2) is 38.0 Å². The van der Waals surface area contributed by atoms with Gasteiger partial charge in [0.1, 0.15) is 12.0 Å². The van der Waals surface area contributed by atoms with Gasteiger partial charge in [-0.2, -0.15) is 0 Å². The molecule has 0 atom stereocenters. The first-order chi connectivity index (χ1) is 6.68. The van der Waals surface area contributed by atoms with Crippen LogP contribution in [0.5, 0.6) is 5.75 Å². The van der Waals surface area contributed by atoms with E-state index in [9.17, 15) is 5.11 Å². The Morgan fingerprint density at radius 3 is 2.36 bits per heavy atom. The van der Waals surface area contributed by atoms with Crippen LogP contribution < -0.4 is 0 Å². The Balaban J connectivity index is 2.57. The molecule has 2 aromatic rings. The molecule has 0 spiro atoms. The maximum atomic E-state index is 9.48. The number of aromatic nitrogens is 1. The van der Waals surface area contributed by atoms with Gasteiger partial charge >= 0.3 is 0 Å². The number of phenols is 1. The minimum atomic E-state index is 0.167. The number of aromatic hydroxyl groups is 1. The molecule has 14 heavy (non-hydrogen) atoms. The van der Waals surface area contributed by atoms with Crippen LogP contribution in [0.25, 0.3) is 11.5 Å². The highest BCUT2D eigenvalue weighted by molar-refractivity contribution is 9.11. The highest BCUT2D eigenvalue weighted by Crippen LogP contribution is 2.36. The van der Waals surface area contributed by atoms with Gasteiger partial charge in [-0.25, -0.2) is 4.98 Å². The summed E-state index contributed by atoms with van der Waals surface area (Å²) in [6.07, 6.45) is 3.08. The molecule has 0 bridgehead atoms. The number of nitrogens with zero attached hydrogens (tertiary/aromatic N) is 1. The summed E-state index contributed by atoms with van der Waals surface area (Å²) in [6, 6.07) is 3.48. The lowest BCUT2D eigenvalue weighted by atomic mass is 10.2. The van der Waals surface area contributed by atoms with Crippen LogP contribution in [-0.2, 0) is 0 Å². The molecule has 0 amide bonds. The van der Waals surface area contributed by atoms with Crippen molar-refractivity contribution in [3.05, 3.63) is 33.5 Å². The fourth-order valence-electron chi connectivity index (χ4n) is 1.06. The van der Waals surface area contributed by atoms with E-state index in [-0.39, 0.29) is 5.75 Å². The highest BCUT2D eigenvalue weighted by atomic mass is 79.9. The predicted molar refractivity (Wildman–Crippen MR) is 59.0 cm³/mol. The van der Waals surface area contributed by atoms with Gasteiger partial charge in [0.2, 0.25) is 5.89 Å². The second-order valence-corrected chi connectivity index (χ2v) is 4.33. The van der Waals surface area contributed by atoms with Crippen LogP contribution in [0.3, 0.4) is 0 Å². The van der Waals surface area contributed by atoms with Crippen molar-refractivity contribution in [2.45, 2.75) is 0 Å². The van der Waals surface area contributed by atoms with E-state index in [2.05, 4.69) is 36.8 Å². The average Bonchev–Trinajstić information content (AvgIpc) is 2.66. The highest BCUT2D eigenvalue weighted by Gasteiger charge is 2.09. The van der Waals surface area contributed by atoms with Gasteiger partial charge < -0.3 is 9.52 Å². The molecule has 0 saturated carbocycles. The van der Waals surface area contributed by atoms with Gasteiger partial charge in [-0.05, 0) is 44.0 Å². The topological polar surface area (TPSA) is 46.3 Å². The Kier molecular flexibility index (Phi) is 2.60. The third-order valence-corrected chi connectivity index (χ3v) is 2.91. The third kappa shape index (κ3) is 1.69. The van der Waals surface area contributed by atoms with Crippen molar-refractivity contribution in [2.75, 3.05) is 0 Å². The first-order valence-electron chi connectivity index (χ1n) is 3.76. The molecule has 1 heterocycles. The molecular formula is C9H5Br2NO2. The standard InChI is InChI=1S/C9H5Br2NO2/c10-6-3-5(4-7(11)8(6)13)9-12-1-2-14-9/h1-4,13H. The van der Waals surface area contributed by atoms with Crippen molar-refractivity contribution in [2.24, 2.45) is 0 Å². The Bertz CT molecular complexity index is 431. The minimum Gasteiger partial charge on any atom is -0.506 e. The number of hydrogen-bond acceptors (Lipinski definition) is 3. The van der Waals surface area contributed by atoms with Gasteiger partial charge in [-0.1, -0.05) is 0 Å². The van der Waals surface area contributed by atoms with Crippen molar-refractivity contribution in [1.82, 2.24) is 4.98 Å². The van der Waals surface area contributed by atoms with Crippen LogP contribution in [0.2, 0.25) is 0 Å². The summed E-state index contributed by atoms with van der Waals surface area (Å²) < 4.78 is 6.33. The molecule has 3 nitrogen and oxygen atoms in total. The number of hydrogen-bond donors (Lipinski definition) is 1. The predicted octanol–water partition coefficient (Wildman–Crippen LogP) is 3.57. The summed E-state index contributed by atoms with van der Waals surface area (Å²) >= 11 is 6.47. The van der Waals surface area contributed by atoms with Crippen LogP contribution in [-0.4, -0.2) is 10.1 Å². The summed E-state index contributed by atoms with van der Waals surface area (Å²) in [4.78, 5) is 4.01. The quantitative estimate of drug-likeness (QED) is 0.874. The van der Waals surface area contributed by atoms with Crippen LogP contribution >= 0.6 is 31.9 Å². The van der Waals surface area contributed by atoms with Crippen molar-refractivity contribution in [3.8, 4) is 17.2 Å². The average molecular weight is 319 g/mol. The zero-order chi connectivity index (χ0) is 10.1. The Hall–Kier alpha value is -0.810. The van der Waals surface area contributed by atoms with Gasteiger partial charge in [-0.3, -0.25) is 0 Å². The van der Waals surface area contributed by atoms with E-state index in [0.717, 1.165) is 5.56 Å². The van der Waals surface area contributed by atoms with Gasteiger partial charge in [0, 0.05) is 5.56 Å². The summed E-state index contributed by atoms with van der Waals surface area (Å²) in [6.45, 7) is 0. The summed E-state index contributed by atoms with van der Waals surface area (Å²) in [7, 11) is 0. The van der Waals surface area contributed by atoms with E-state index in [1.54, 1.807) is 18.3 Å². The van der Waals surface area contributed by atoms with Gasteiger partial charge in [0.25, 0.3) is 0 Å². The number of phenolic OH excluding ortho intramolecular Hbond substituents is 1.